The first-order valence-electron chi connectivity index (χ1n) is 8.88. The number of carbonyl (C=O) groups excluding carboxylic acids is 2. The van der Waals surface area contributed by atoms with E-state index in [4.69, 9.17) is 4.74 Å². The Morgan fingerprint density at radius 1 is 1.00 bits per heavy atom. The quantitative estimate of drug-likeness (QED) is 0.737. The number of hydrogen-bond acceptors (Lipinski definition) is 4. The molecule has 0 aromatic heterocycles. The van der Waals surface area contributed by atoms with E-state index in [2.05, 4.69) is 31.5 Å². The smallest absolute Gasteiger partial charge is 0.255 e. The van der Waals surface area contributed by atoms with Gasteiger partial charge in [-0.1, -0.05) is 28.1 Å². The van der Waals surface area contributed by atoms with Gasteiger partial charge in [0.1, 0.15) is 0 Å². The minimum Gasteiger partial charge on any atom is -0.379 e. The van der Waals surface area contributed by atoms with Crippen LogP contribution >= 0.6 is 15.9 Å². The largest absolute Gasteiger partial charge is 0.379 e. The number of anilines is 1. The summed E-state index contributed by atoms with van der Waals surface area (Å²) < 4.78 is 6.22. The van der Waals surface area contributed by atoms with Crippen LogP contribution in [0, 0.1) is 0 Å². The van der Waals surface area contributed by atoms with Crippen LogP contribution < -0.4 is 10.6 Å². The minimum atomic E-state index is -0.254. The maximum atomic E-state index is 12.6. The molecule has 2 amide bonds. The van der Waals surface area contributed by atoms with Gasteiger partial charge in [0.25, 0.3) is 11.8 Å². The Morgan fingerprint density at radius 3 is 2.44 bits per heavy atom. The molecule has 1 aliphatic rings. The molecule has 0 aliphatic carbocycles. The molecule has 3 rings (SSSR count). The van der Waals surface area contributed by atoms with Crippen molar-refractivity contribution >= 4 is 33.4 Å². The van der Waals surface area contributed by atoms with Crippen molar-refractivity contribution in [2.24, 2.45) is 0 Å². The average Bonchev–Trinajstić information content (AvgIpc) is 2.69. The lowest BCUT2D eigenvalue weighted by atomic mass is 10.1. The van der Waals surface area contributed by atoms with Gasteiger partial charge in [0, 0.05) is 36.2 Å². The van der Waals surface area contributed by atoms with Crippen LogP contribution in [0.2, 0.25) is 0 Å². The fourth-order valence-electron chi connectivity index (χ4n) is 2.83. The van der Waals surface area contributed by atoms with Gasteiger partial charge in [0.15, 0.2) is 0 Å². The van der Waals surface area contributed by atoms with E-state index in [1.165, 1.54) is 0 Å². The van der Waals surface area contributed by atoms with Crippen LogP contribution in [-0.4, -0.2) is 56.1 Å². The van der Waals surface area contributed by atoms with Gasteiger partial charge in [-0.25, -0.2) is 0 Å². The molecular weight excluding hydrogens is 410 g/mol. The first-order chi connectivity index (χ1) is 13.1. The lowest BCUT2D eigenvalue weighted by molar-refractivity contribution is 0.0383. The van der Waals surface area contributed by atoms with Gasteiger partial charge < -0.3 is 15.4 Å². The minimum absolute atomic E-state index is 0.199. The van der Waals surface area contributed by atoms with Crippen LogP contribution in [0.1, 0.15) is 20.7 Å². The summed E-state index contributed by atoms with van der Waals surface area (Å²) in [4.78, 5) is 27.3. The molecule has 1 saturated heterocycles. The number of para-hydroxylation sites is 1. The number of halogens is 1. The van der Waals surface area contributed by atoms with Gasteiger partial charge in [0.05, 0.1) is 24.5 Å². The molecule has 7 heteroatoms. The summed E-state index contributed by atoms with van der Waals surface area (Å²) in [5, 5.41) is 5.75. The zero-order valence-electron chi connectivity index (χ0n) is 14.9. The van der Waals surface area contributed by atoms with Gasteiger partial charge in [-0.2, -0.15) is 0 Å². The maximum Gasteiger partial charge on any atom is 0.255 e. The Kier molecular flexibility index (Phi) is 6.98. The molecule has 2 N–H and O–H groups in total. The summed E-state index contributed by atoms with van der Waals surface area (Å²) in [5.41, 5.74) is 1.47. The highest BCUT2D eigenvalue weighted by Crippen LogP contribution is 2.17. The highest BCUT2D eigenvalue weighted by molar-refractivity contribution is 9.10. The van der Waals surface area contributed by atoms with Crippen molar-refractivity contribution < 1.29 is 14.3 Å². The summed E-state index contributed by atoms with van der Waals surface area (Å²) in [7, 11) is 0. The summed E-state index contributed by atoms with van der Waals surface area (Å²) in [6.45, 7) is 4.57. The molecule has 0 saturated carbocycles. The number of nitrogens with one attached hydrogen (secondary N) is 2. The van der Waals surface area contributed by atoms with Crippen molar-refractivity contribution in [2.75, 3.05) is 44.7 Å². The summed E-state index contributed by atoms with van der Waals surface area (Å²) >= 11 is 3.35. The molecule has 1 fully saturated rings. The third kappa shape index (κ3) is 5.63. The van der Waals surface area contributed by atoms with E-state index in [0.717, 1.165) is 37.3 Å². The number of hydrogen-bond donors (Lipinski definition) is 2. The number of morpholine rings is 1. The number of nitrogens with zero attached hydrogens (tertiary/aromatic N) is 1. The van der Waals surface area contributed by atoms with Gasteiger partial charge in [-0.05, 0) is 36.4 Å². The molecule has 6 nitrogen and oxygen atoms in total. The Bertz CT molecular complexity index is 789. The summed E-state index contributed by atoms with van der Waals surface area (Å²) in [6.07, 6.45) is 0. The second-order valence-electron chi connectivity index (χ2n) is 6.22. The Morgan fingerprint density at radius 2 is 1.70 bits per heavy atom. The molecule has 0 spiro atoms. The first kappa shape index (κ1) is 19.5. The van der Waals surface area contributed by atoms with E-state index in [9.17, 15) is 9.59 Å². The van der Waals surface area contributed by atoms with Crippen LogP contribution in [0.3, 0.4) is 0 Å². The first-order valence-corrected chi connectivity index (χ1v) is 9.67. The fraction of sp³-hybridized carbons (Fsp3) is 0.300. The third-order valence-corrected chi connectivity index (χ3v) is 4.87. The maximum absolute atomic E-state index is 12.6. The van der Waals surface area contributed by atoms with E-state index in [0.29, 0.717) is 23.4 Å². The lowest BCUT2D eigenvalue weighted by Crippen LogP contribution is -2.41. The summed E-state index contributed by atoms with van der Waals surface area (Å²) in [6, 6.07) is 14.1. The molecule has 0 unspecified atom stereocenters. The topological polar surface area (TPSA) is 70.7 Å². The van der Waals surface area contributed by atoms with Crippen LogP contribution in [0.4, 0.5) is 5.69 Å². The zero-order valence-corrected chi connectivity index (χ0v) is 16.5. The normalized spacial score (nSPS) is 14.6. The van der Waals surface area contributed by atoms with Crippen LogP contribution in [0.25, 0.3) is 0 Å². The van der Waals surface area contributed by atoms with E-state index in [1.807, 2.05) is 0 Å². The Balaban J connectivity index is 1.59. The monoisotopic (exact) mass is 431 g/mol. The fourth-order valence-corrected chi connectivity index (χ4v) is 3.10. The second-order valence-corrected chi connectivity index (χ2v) is 7.13. The van der Waals surface area contributed by atoms with E-state index >= 15 is 0 Å². The number of rotatable bonds is 6. The van der Waals surface area contributed by atoms with E-state index < -0.39 is 0 Å². The average molecular weight is 432 g/mol. The van der Waals surface area contributed by atoms with Crippen LogP contribution in [0.15, 0.2) is 53.0 Å². The number of amides is 2. The van der Waals surface area contributed by atoms with Crippen molar-refractivity contribution in [1.29, 1.82) is 0 Å². The third-order valence-electron chi connectivity index (χ3n) is 4.34. The zero-order chi connectivity index (χ0) is 19.1. The van der Waals surface area contributed by atoms with Gasteiger partial charge in [0.2, 0.25) is 0 Å². The number of benzene rings is 2. The van der Waals surface area contributed by atoms with Crippen LogP contribution in [0.5, 0.6) is 0 Å². The van der Waals surface area contributed by atoms with E-state index in [-0.39, 0.29) is 11.8 Å². The van der Waals surface area contributed by atoms with Crippen molar-refractivity contribution in [1.82, 2.24) is 10.2 Å². The lowest BCUT2D eigenvalue weighted by Gasteiger charge is -2.26. The second kappa shape index (κ2) is 9.64. The van der Waals surface area contributed by atoms with Gasteiger partial charge in [-0.3, -0.25) is 14.5 Å². The number of carbonyl (C=O) groups is 2. The molecule has 2 aromatic rings. The molecular formula is C20H22BrN3O3. The van der Waals surface area contributed by atoms with Crippen molar-refractivity contribution in [3.8, 4) is 0 Å². The predicted octanol–water partition coefficient (Wildman–Crippen LogP) is 2.76. The molecule has 1 aliphatic heterocycles. The Hall–Kier alpha value is -2.22. The highest BCUT2D eigenvalue weighted by Gasteiger charge is 2.15. The molecule has 2 aromatic carbocycles. The highest BCUT2D eigenvalue weighted by atomic mass is 79.9. The summed E-state index contributed by atoms with van der Waals surface area (Å²) in [5.74, 6) is -0.453. The standard InChI is InChI=1S/C20H22BrN3O3/c21-16-7-5-15(6-8-16)19(25)23-18-4-2-1-3-17(18)20(26)22-9-10-24-11-13-27-14-12-24/h1-8H,9-14H2,(H,22,26)(H,23,25). The Labute approximate surface area is 167 Å². The molecule has 1 heterocycles. The van der Waals surface area contributed by atoms with Crippen molar-refractivity contribution in [2.45, 2.75) is 0 Å². The number of ether oxygens (including phenoxy) is 1. The molecule has 0 atom stereocenters. The predicted molar refractivity (Wildman–Crippen MR) is 108 cm³/mol. The molecule has 142 valence electrons. The molecule has 0 bridgehead atoms. The SMILES string of the molecule is O=C(Nc1ccccc1C(=O)NCCN1CCOCC1)c1ccc(Br)cc1. The molecule has 27 heavy (non-hydrogen) atoms. The van der Waals surface area contributed by atoms with Crippen LogP contribution in [-0.2, 0) is 4.74 Å². The van der Waals surface area contributed by atoms with E-state index in [1.54, 1.807) is 48.5 Å². The van der Waals surface area contributed by atoms with Crippen molar-refractivity contribution in [3.05, 3.63) is 64.1 Å². The molecule has 0 radical (unpaired) electrons. The van der Waals surface area contributed by atoms with Gasteiger partial charge in [-0.15, -0.1) is 0 Å². The van der Waals surface area contributed by atoms with Gasteiger partial charge >= 0.3 is 0 Å². The van der Waals surface area contributed by atoms with Crippen molar-refractivity contribution in [3.63, 3.8) is 0 Å².